The minimum absolute atomic E-state index is 0.200. The second kappa shape index (κ2) is 14.8. The van der Waals surface area contributed by atoms with E-state index in [1.807, 2.05) is 30.7 Å². The molecule has 0 saturated heterocycles. The largest absolute Gasteiger partial charge is 0.493 e. The van der Waals surface area contributed by atoms with Crippen molar-refractivity contribution < 1.29 is 23.8 Å². The molecule has 1 aliphatic carbocycles. The van der Waals surface area contributed by atoms with Crippen LogP contribution in [-0.2, 0) is 22.6 Å². The predicted molar refractivity (Wildman–Crippen MR) is 168 cm³/mol. The second-order valence-corrected chi connectivity index (χ2v) is 11.1. The van der Waals surface area contributed by atoms with Crippen molar-refractivity contribution in [2.75, 3.05) is 45.2 Å². The van der Waals surface area contributed by atoms with Crippen molar-refractivity contribution in [3.63, 3.8) is 0 Å². The Hall–Kier alpha value is -4.19. The fourth-order valence-corrected chi connectivity index (χ4v) is 5.84. The van der Waals surface area contributed by atoms with Gasteiger partial charge in [-0.2, -0.15) is 16.9 Å². The summed E-state index contributed by atoms with van der Waals surface area (Å²) >= 11 is 1.62. The maximum absolute atomic E-state index is 13.7. The number of carbonyl (C=O) groups excluding carboxylic acids is 2. The van der Waals surface area contributed by atoms with E-state index in [0.29, 0.717) is 55.2 Å². The van der Waals surface area contributed by atoms with Crippen LogP contribution < -0.4 is 35.6 Å². The highest BCUT2D eigenvalue weighted by Gasteiger charge is 2.30. The van der Waals surface area contributed by atoms with Crippen molar-refractivity contribution in [2.45, 2.75) is 44.8 Å². The summed E-state index contributed by atoms with van der Waals surface area (Å²) in [5, 5.41) is 13.3. The molecule has 0 unspecified atom stereocenters. The van der Waals surface area contributed by atoms with Gasteiger partial charge in [-0.1, -0.05) is 6.07 Å². The highest BCUT2D eigenvalue weighted by Crippen LogP contribution is 2.50. The summed E-state index contributed by atoms with van der Waals surface area (Å²) in [7, 11) is 4.67. The van der Waals surface area contributed by atoms with Crippen LogP contribution in [0.4, 0.5) is 5.69 Å². The smallest absolute Gasteiger partial charge is 0.242 e. The van der Waals surface area contributed by atoms with Crippen LogP contribution in [0.15, 0.2) is 47.5 Å². The van der Waals surface area contributed by atoms with Crippen molar-refractivity contribution in [3.8, 4) is 28.4 Å². The third-order valence-corrected chi connectivity index (χ3v) is 8.02. The highest BCUT2D eigenvalue weighted by atomic mass is 32.2. The average Bonchev–Trinajstić information content (AvgIpc) is 3.41. The number of carbonyl (C=O) groups is 2. The first kappa shape index (κ1) is 31.7. The molecule has 0 bridgehead atoms. The molecule has 0 fully saturated rings. The molecule has 1 aromatic heterocycles. The van der Waals surface area contributed by atoms with Crippen LogP contribution in [0.2, 0.25) is 0 Å². The van der Waals surface area contributed by atoms with Gasteiger partial charge in [-0.25, -0.2) is 0 Å². The number of hydrogen-bond acceptors (Lipinski definition) is 9. The van der Waals surface area contributed by atoms with Gasteiger partial charge in [0, 0.05) is 31.4 Å². The topological polar surface area (TPSA) is 133 Å². The van der Waals surface area contributed by atoms with E-state index in [0.717, 1.165) is 22.4 Å². The number of fused-ring (bicyclic) bond motifs is 3. The van der Waals surface area contributed by atoms with Crippen LogP contribution in [0.25, 0.3) is 11.1 Å². The third kappa shape index (κ3) is 7.42. The summed E-state index contributed by atoms with van der Waals surface area (Å²) in [5.41, 5.74) is 3.06. The minimum Gasteiger partial charge on any atom is -0.493 e. The number of rotatable bonds is 13. The summed E-state index contributed by atoms with van der Waals surface area (Å²) in [6.45, 7) is 2.40. The van der Waals surface area contributed by atoms with Gasteiger partial charge in [0.25, 0.3) is 0 Å². The molecule has 11 nitrogen and oxygen atoms in total. The third-order valence-electron chi connectivity index (χ3n) is 7.37. The molecule has 0 aliphatic heterocycles. The van der Waals surface area contributed by atoms with Gasteiger partial charge in [0.1, 0.15) is 6.04 Å². The standard InChI is InChI=1S/C31H39N5O6S/c1-19(37)34-23-9-7-20-17-27(40-2)29(41-3)30(42-4)28(20)21-8-10-24(26(38)18-22(21)23)35-25(11-16-43-5)31(39)32-13-15-36-14-6-12-33-36/h6,8,10,12,14,17-18,23,25H,7,9,11,13,15-16H2,1-5H3,(H,32,39)(H,34,37)(H,35,38)/t23-,25-/m0/s1. The van der Waals surface area contributed by atoms with Crippen LogP contribution in [0.1, 0.15) is 36.9 Å². The number of nitrogens with one attached hydrogen (secondary N) is 3. The molecule has 0 spiro atoms. The van der Waals surface area contributed by atoms with Gasteiger partial charge in [-0.05, 0) is 72.2 Å². The first-order chi connectivity index (χ1) is 20.8. The van der Waals surface area contributed by atoms with E-state index in [4.69, 9.17) is 14.2 Å². The van der Waals surface area contributed by atoms with E-state index in [1.165, 1.54) is 6.92 Å². The number of aryl methyl sites for hydroxylation is 1. The van der Waals surface area contributed by atoms with E-state index in [2.05, 4.69) is 21.0 Å². The Labute approximate surface area is 255 Å². The second-order valence-electron chi connectivity index (χ2n) is 10.1. The number of amides is 2. The molecule has 3 aromatic rings. The molecule has 4 rings (SSSR count). The molecule has 0 saturated carbocycles. The van der Waals surface area contributed by atoms with Gasteiger partial charge >= 0.3 is 0 Å². The van der Waals surface area contributed by atoms with Gasteiger partial charge in [-0.3, -0.25) is 19.1 Å². The Morgan fingerprint density at radius 2 is 1.93 bits per heavy atom. The first-order valence-corrected chi connectivity index (χ1v) is 15.5. The zero-order valence-corrected chi connectivity index (χ0v) is 26.0. The zero-order chi connectivity index (χ0) is 30.9. The molecular weight excluding hydrogens is 570 g/mol. The number of benzene rings is 1. The Morgan fingerprint density at radius 1 is 1.14 bits per heavy atom. The maximum Gasteiger partial charge on any atom is 0.242 e. The van der Waals surface area contributed by atoms with Crippen molar-refractivity contribution in [1.29, 1.82) is 0 Å². The lowest BCUT2D eigenvalue weighted by Crippen LogP contribution is -2.42. The lowest BCUT2D eigenvalue weighted by Gasteiger charge is -2.19. The summed E-state index contributed by atoms with van der Waals surface area (Å²) < 4.78 is 18.9. The van der Waals surface area contributed by atoms with Crippen LogP contribution in [0.5, 0.6) is 17.2 Å². The van der Waals surface area contributed by atoms with E-state index >= 15 is 0 Å². The Bertz CT molecular complexity index is 1500. The normalized spacial score (nSPS) is 14.4. The number of nitrogens with zero attached hydrogens (tertiary/aromatic N) is 2. The van der Waals surface area contributed by atoms with Crippen LogP contribution in [0, 0.1) is 0 Å². The van der Waals surface area contributed by atoms with Gasteiger partial charge in [0.2, 0.25) is 23.0 Å². The average molecular weight is 610 g/mol. The lowest BCUT2D eigenvalue weighted by molar-refractivity contribution is -0.122. The summed E-state index contributed by atoms with van der Waals surface area (Å²) in [6, 6.07) is 7.77. The Kier molecular flexibility index (Phi) is 10.9. The Morgan fingerprint density at radius 3 is 2.58 bits per heavy atom. The van der Waals surface area contributed by atoms with Gasteiger partial charge < -0.3 is 30.2 Å². The van der Waals surface area contributed by atoms with Crippen LogP contribution >= 0.6 is 11.8 Å². The van der Waals surface area contributed by atoms with E-state index in [1.54, 1.807) is 56.1 Å². The summed E-state index contributed by atoms with van der Waals surface area (Å²) in [4.78, 5) is 39.2. The minimum atomic E-state index is -0.628. The van der Waals surface area contributed by atoms with Gasteiger partial charge in [0.15, 0.2) is 11.5 Å². The zero-order valence-electron chi connectivity index (χ0n) is 25.2. The SMILES string of the molecule is COc1cc2c(c(OC)c1OC)-c1ccc(N[C@@H](CCSC)C(=O)NCCn3cccn3)c(=O)cc1[C@@H](NC(C)=O)CC2. The van der Waals surface area contributed by atoms with Crippen molar-refractivity contribution in [3.05, 3.63) is 64.1 Å². The lowest BCUT2D eigenvalue weighted by atomic mass is 9.95. The predicted octanol–water partition coefficient (Wildman–Crippen LogP) is 3.41. The fraction of sp³-hybridized carbons (Fsp3) is 0.419. The van der Waals surface area contributed by atoms with E-state index < -0.39 is 12.1 Å². The molecule has 43 heavy (non-hydrogen) atoms. The Balaban J connectivity index is 1.76. The molecule has 2 amide bonds. The number of anilines is 1. The molecule has 0 radical (unpaired) electrons. The van der Waals surface area contributed by atoms with E-state index in [9.17, 15) is 14.4 Å². The fourth-order valence-electron chi connectivity index (χ4n) is 5.37. The summed E-state index contributed by atoms with van der Waals surface area (Å²) in [5.74, 6) is 1.76. The maximum atomic E-state index is 13.7. The monoisotopic (exact) mass is 609 g/mol. The molecule has 2 atom stereocenters. The molecule has 3 N–H and O–H groups in total. The molecule has 2 aromatic carbocycles. The van der Waals surface area contributed by atoms with Gasteiger partial charge in [-0.15, -0.1) is 0 Å². The first-order valence-electron chi connectivity index (χ1n) is 14.1. The number of aromatic nitrogens is 2. The van der Waals surface area contributed by atoms with Crippen LogP contribution in [-0.4, -0.2) is 67.5 Å². The van der Waals surface area contributed by atoms with Crippen molar-refractivity contribution in [1.82, 2.24) is 20.4 Å². The molecule has 230 valence electrons. The number of methoxy groups -OCH3 is 3. The quantitative estimate of drug-likeness (QED) is 0.267. The number of ether oxygens (including phenoxy) is 3. The molecule has 1 heterocycles. The number of thioether (sulfide) groups is 1. The molecular formula is C31H39N5O6S. The van der Waals surface area contributed by atoms with Gasteiger partial charge in [0.05, 0.1) is 39.6 Å². The van der Waals surface area contributed by atoms with Crippen LogP contribution in [0.3, 0.4) is 0 Å². The highest BCUT2D eigenvalue weighted by molar-refractivity contribution is 7.98. The molecule has 12 heteroatoms. The van der Waals surface area contributed by atoms with Crippen molar-refractivity contribution >= 4 is 29.3 Å². The van der Waals surface area contributed by atoms with Crippen molar-refractivity contribution in [2.24, 2.45) is 0 Å². The van der Waals surface area contributed by atoms with E-state index in [-0.39, 0.29) is 22.9 Å². The number of hydrogen-bond donors (Lipinski definition) is 3. The summed E-state index contributed by atoms with van der Waals surface area (Å²) in [6.07, 6.45) is 7.18. The molecule has 1 aliphatic rings.